The van der Waals surface area contributed by atoms with Crippen LogP contribution in [0.15, 0.2) is 52.9 Å². The third kappa shape index (κ3) is 5.74. The van der Waals surface area contributed by atoms with Gasteiger partial charge in [0.1, 0.15) is 35.7 Å². The van der Waals surface area contributed by atoms with E-state index >= 15 is 0 Å². The van der Waals surface area contributed by atoms with Crippen LogP contribution in [-0.2, 0) is 13.0 Å². The van der Waals surface area contributed by atoms with E-state index in [0.717, 1.165) is 0 Å². The van der Waals surface area contributed by atoms with Gasteiger partial charge in [-0.3, -0.25) is 0 Å². The van der Waals surface area contributed by atoms with Gasteiger partial charge in [-0.2, -0.15) is 0 Å². The molecule has 0 unspecified atom stereocenters. The molecule has 0 amide bonds. The van der Waals surface area contributed by atoms with Crippen LogP contribution < -0.4 is 39.4 Å². The van der Waals surface area contributed by atoms with Crippen LogP contribution in [0.2, 0.25) is 10.0 Å². The SMILES string of the molecule is O=C([O-])c1ccc(Cc2cc(Cl)ccc2OCc2ccc(Cl)cc2F)o1.[Na+]. The van der Waals surface area contributed by atoms with Crippen molar-refractivity contribution in [2.24, 2.45) is 0 Å². The van der Waals surface area contributed by atoms with Gasteiger partial charge in [0.2, 0.25) is 0 Å². The molecule has 0 saturated heterocycles. The summed E-state index contributed by atoms with van der Waals surface area (Å²) in [5.74, 6) is -1.22. The van der Waals surface area contributed by atoms with Gasteiger partial charge in [-0.1, -0.05) is 29.3 Å². The van der Waals surface area contributed by atoms with Crippen LogP contribution in [0, 0.1) is 5.82 Å². The van der Waals surface area contributed by atoms with E-state index in [1.807, 2.05) is 0 Å². The number of hydrogen-bond donors (Lipinski definition) is 0. The summed E-state index contributed by atoms with van der Waals surface area (Å²) in [7, 11) is 0. The molecule has 2 aromatic carbocycles. The van der Waals surface area contributed by atoms with Crippen molar-refractivity contribution in [2.75, 3.05) is 0 Å². The van der Waals surface area contributed by atoms with Crippen molar-refractivity contribution < 1.29 is 53.0 Å². The molecule has 134 valence electrons. The van der Waals surface area contributed by atoms with Crippen LogP contribution in [0.25, 0.3) is 0 Å². The van der Waals surface area contributed by atoms with Gasteiger partial charge >= 0.3 is 29.6 Å². The van der Waals surface area contributed by atoms with Crippen molar-refractivity contribution in [2.45, 2.75) is 13.0 Å². The molecule has 3 rings (SSSR count). The Balaban J connectivity index is 0.00000261. The molecule has 0 N–H and O–H groups in total. The Hall–Kier alpha value is -1.50. The standard InChI is InChI=1S/C19H13Cl2FO4.Na/c20-13-3-5-17(25-10-11-1-2-14(21)9-16(11)22)12(7-13)8-15-4-6-18(26-15)19(23)24;/h1-7,9H,8,10H2,(H,23,24);/q;+1/p-1. The van der Waals surface area contributed by atoms with Crippen molar-refractivity contribution in [1.29, 1.82) is 0 Å². The number of benzene rings is 2. The average Bonchev–Trinajstić information content (AvgIpc) is 3.04. The predicted octanol–water partition coefficient (Wildman–Crippen LogP) is 1.26. The monoisotopic (exact) mass is 416 g/mol. The maximum atomic E-state index is 13.9. The number of carboxylic acid groups (broad SMARTS) is 1. The first-order valence-corrected chi connectivity index (χ1v) is 8.33. The summed E-state index contributed by atoms with van der Waals surface area (Å²) >= 11 is 11.8. The number of hydrogen-bond acceptors (Lipinski definition) is 4. The molecule has 0 aliphatic heterocycles. The first-order chi connectivity index (χ1) is 12.4. The van der Waals surface area contributed by atoms with Crippen LogP contribution in [0.5, 0.6) is 5.75 Å². The molecule has 0 atom stereocenters. The third-order valence-corrected chi connectivity index (χ3v) is 4.12. The molecule has 0 radical (unpaired) electrons. The van der Waals surface area contributed by atoms with Gasteiger partial charge < -0.3 is 19.1 Å². The van der Waals surface area contributed by atoms with Crippen LogP contribution in [0.1, 0.15) is 27.4 Å². The number of aromatic carboxylic acids is 1. The molecule has 0 spiro atoms. The largest absolute Gasteiger partial charge is 1.00 e. The number of carboxylic acids is 1. The summed E-state index contributed by atoms with van der Waals surface area (Å²) in [5.41, 5.74) is 1.03. The van der Waals surface area contributed by atoms with E-state index in [1.165, 1.54) is 18.2 Å². The Morgan fingerprint density at radius 1 is 1.04 bits per heavy atom. The summed E-state index contributed by atoms with van der Waals surface area (Å²) in [6.07, 6.45) is 0.256. The maximum absolute atomic E-state index is 13.9. The van der Waals surface area contributed by atoms with Gasteiger partial charge in [0.05, 0.1) is 0 Å². The van der Waals surface area contributed by atoms with Gasteiger partial charge in [0.15, 0.2) is 0 Å². The number of furan rings is 1. The fourth-order valence-electron chi connectivity index (χ4n) is 2.39. The van der Waals surface area contributed by atoms with Crippen molar-refractivity contribution in [3.8, 4) is 5.75 Å². The molecule has 8 heteroatoms. The first kappa shape index (κ1) is 21.8. The summed E-state index contributed by atoms with van der Waals surface area (Å²) in [6, 6.07) is 12.2. The van der Waals surface area contributed by atoms with E-state index < -0.39 is 11.8 Å². The van der Waals surface area contributed by atoms with Crippen LogP contribution >= 0.6 is 23.2 Å². The van der Waals surface area contributed by atoms with Gasteiger partial charge in [0.25, 0.3) is 0 Å². The second kappa shape index (κ2) is 9.62. The topological polar surface area (TPSA) is 62.5 Å². The number of rotatable bonds is 6. The molecule has 1 heterocycles. The third-order valence-electron chi connectivity index (χ3n) is 3.65. The molecular formula is C19H12Cl2FNaO4. The smallest absolute Gasteiger partial charge is 0.542 e. The quantitative estimate of drug-likeness (QED) is 0.567. The normalized spacial score (nSPS) is 10.3. The van der Waals surface area contributed by atoms with Crippen LogP contribution in [0.3, 0.4) is 0 Å². The zero-order valence-corrected chi connectivity index (χ0v) is 17.8. The van der Waals surface area contributed by atoms with Crippen molar-refractivity contribution in [3.05, 3.63) is 87.0 Å². The Morgan fingerprint density at radius 2 is 1.74 bits per heavy atom. The Labute approximate surface area is 187 Å². The van der Waals surface area contributed by atoms with Gasteiger partial charge in [-0.15, -0.1) is 0 Å². The number of carbonyl (C=O) groups is 1. The van der Waals surface area contributed by atoms with E-state index in [0.29, 0.717) is 32.7 Å². The van der Waals surface area contributed by atoms with Crippen molar-refractivity contribution in [1.82, 2.24) is 0 Å². The van der Waals surface area contributed by atoms with Gasteiger partial charge in [-0.05, 0) is 42.5 Å². The molecule has 0 fully saturated rings. The average molecular weight is 417 g/mol. The van der Waals surface area contributed by atoms with Crippen LogP contribution in [0.4, 0.5) is 4.39 Å². The summed E-state index contributed by atoms with van der Waals surface area (Å²) < 4.78 is 24.8. The van der Waals surface area contributed by atoms with Crippen molar-refractivity contribution >= 4 is 29.2 Å². The Bertz CT molecular complexity index is 959. The van der Waals surface area contributed by atoms with E-state index in [4.69, 9.17) is 32.4 Å². The molecule has 0 aliphatic rings. The maximum Gasteiger partial charge on any atom is 1.00 e. The van der Waals surface area contributed by atoms with Crippen molar-refractivity contribution in [3.63, 3.8) is 0 Å². The minimum Gasteiger partial charge on any atom is -0.542 e. The van der Waals surface area contributed by atoms with E-state index in [-0.39, 0.29) is 48.3 Å². The van der Waals surface area contributed by atoms with E-state index in [2.05, 4.69) is 0 Å². The zero-order chi connectivity index (χ0) is 18.7. The Morgan fingerprint density at radius 3 is 2.41 bits per heavy atom. The molecule has 1 aromatic heterocycles. The molecule has 0 aliphatic carbocycles. The second-order valence-corrected chi connectivity index (χ2v) is 6.38. The number of ether oxygens (including phenoxy) is 1. The minimum absolute atomic E-state index is 0. The van der Waals surface area contributed by atoms with E-state index in [1.54, 1.807) is 30.3 Å². The number of carbonyl (C=O) groups excluding carboxylic acids is 1. The summed E-state index contributed by atoms with van der Waals surface area (Å²) in [6.45, 7) is 0.0000846. The molecule has 3 aromatic rings. The molecule has 0 saturated carbocycles. The Kier molecular flexibility index (Phi) is 7.77. The molecule has 0 bridgehead atoms. The number of halogens is 3. The van der Waals surface area contributed by atoms with Gasteiger partial charge in [0, 0.05) is 27.6 Å². The molecular weight excluding hydrogens is 405 g/mol. The van der Waals surface area contributed by atoms with E-state index in [9.17, 15) is 14.3 Å². The van der Waals surface area contributed by atoms with Crippen LogP contribution in [-0.4, -0.2) is 5.97 Å². The molecule has 4 nitrogen and oxygen atoms in total. The first-order valence-electron chi connectivity index (χ1n) is 7.57. The van der Waals surface area contributed by atoms with Gasteiger partial charge in [-0.25, -0.2) is 4.39 Å². The fourth-order valence-corrected chi connectivity index (χ4v) is 2.75. The zero-order valence-electron chi connectivity index (χ0n) is 14.3. The summed E-state index contributed by atoms with van der Waals surface area (Å²) in [4.78, 5) is 10.8. The second-order valence-electron chi connectivity index (χ2n) is 5.51. The predicted molar refractivity (Wildman–Crippen MR) is 93.0 cm³/mol. The summed E-state index contributed by atoms with van der Waals surface area (Å²) in [5, 5.41) is 11.6. The fraction of sp³-hybridized carbons (Fsp3) is 0.105. The minimum atomic E-state index is -1.39. The molecule has 27 heavy (non-hydrogen) atoms.